The van der Waals surface area contributed by atoms with Crippen LogP contribution in [0.15, 0.2) is 18.2 Å². The minimum absolute atomic E-state index is 0.0637. The highest BCUT2D eigenvalue weighted by Gasteiger charge is 2.26. The molecule has 0 bridgehead atoms. The van der Waals surface area contributed by atoms with E-state index in [2.05, 4.69) is 0 Å². The zero-order valence-electron chi connectivity index (χ0n) is 13.0. The second-order valence-electron chi connectivity index (χ2n) is 5.49. The number of carbonyl (C=O) groups excluding carboxylic acids is 1. The molecule has 1 fully saturated rings. The van der Waals surface area contributed by atoms with Crippen LogP contribution in [0.2, 0.25) is 0 Å². The standard InChI is InChI=1S/C15H20F2N2O3S/c1-2-10-23(21,22)19-7-3-6-18(8-9-19)15(20)12-4-5-13(16)14(17)11-12/h4-5,11H,2-3,6-10H2,1H3. The summed E-state index contributed by atoms with van der Waals surface area (Å²) in [6.45, 7) is 3.01. The molecule has 0 N–H and O–H groups in total. The summed E-state index contributed by atoms with van der Waals surface area (Å²) in [5.41, 5.74) is 0.0637. The highest BCUT2D eigenvalue weighted by Crippen LogP contribution is 2.14. The fourth-order valence-electron chi connectivity index (χ4n) is 2.57. The van der Waals surface area contributed by atoms with Crippen LogP contribution in [0.5, 0.6) is 0 Å². The molecule has 8 heteroatoms. The van der Waals surface area contributed by atoms with Crippen LogP contribution in [0.3, 0.4) is 0 Å². The third-order valence-electron chi connectivity index (χ3n) is 3.76. The molecule has 1 aliphatic heterocycles. The van der Waals surface area contributed by atoms with E-state index in [9.17, 15) is 22.0 Å². The summed E-state index contributed by atoms with van der Waals surface area (Å²) < 4.78 is 51.8. The number of halogens is 2. The normalized spacial score (nSPS) is 17.1. The van der Waals surface area contributed by atoms with Gasteiger partial charge in [0.25, 0.3) is 5.91 Å². The number of sulfonamides is 1. The van der Waals surface area contributed by atoms with Gasteiger partial charge in [0.1, 0.15) is 0 Å². The molecule has 0 atom stereocenters. The topological polar surface area (TPSA) is 57.7 Å². The van der Waals surface area contributed by atoms with Gasteiger partial charge in [-0.2, -0.15) is 0 Å². The number of hydrogen-bond donors (Lipinski definition) is 0. The summed E-state index contributed by atoms with van der Waals surface area (Å²) in [7, 11) is -3.30. The number of amides is 1. The second-order valence-corrected chi connectivity index (χ2v) is 7.58. The predicted octanol–water partition coefficient (Wildman–Crippen LogP) is 1.85. The summed E-state index contributed by atoms with van der Waals surface area (Å²) in [5.74, 6) is -2.41. The van der Waals surface area contributed by atoms with E-state index in [-0.39, 0.29) is 24.4 Å². The van der Waals surface area contributed by atoms with Crippen LogP contribution in [0.1, 0.15) is 30.1 Å². The van der Waals surface area contributed by atoms with Gasteiger partial charge >= 0.3 is 0 Å². The van der Waals surface area contributed by atoms with Crippen molar-refractivity contribution in [2.75, 3.05) is 31.9 Å². The third kappa shape index (κ3) is 4.26. The van der Waals surface area contributed by atoms with E-state index in [1.165, 1.54) is 15.3 Å². The van der Waals surface area contributed by atoms with Gasteiger partial charge in [0.05, 0.1) is 5.75 Å². The van der Waals surface area contributed by atoms with E-state index >= 15 is 0 Å². The van der Waals surface area contributed by atoms with Crippen molar-refractivity contribution in [2.45, 2.75) is 19.8 Å². The molecule has 1 saturated heterocycles. The van der Waals surface area contributed by atoms with Crippen molar-refractivity contribution >= 4 is 15.9 Å². The van der Waals surface area contributed by atoms with Crippen LogP contribution in [0, 0.1) is 11.6 Å². The maximum atomic E-state index is 13.3. The Labute approximate surface area is 134 Å². The van der Waals surface area contributed by atoms with Gasteiger partial charge in [0, 0.05) is 31.7 Å². The van der Waals surface area contributed by atoms with Gasteiger partial charge in [-0.3, -0.25) is 4.79 Å². The van der Waals surface area contributed by atoms with Gasteiger partial charge in [-0.1, -0.05) is 6.92 Å². The Kier molecular flexibility index (Phi) is 5.69. The van der Waals surface area contributed by atoms with Crippen molar-refractivity contribution in [2.24, 2.45) is 0 Å². The van der Waals surface area contributed by atoms with E-state index in [4.69, 9.17) is 0 Å². The first-order chi connectivity index (χ1) is 10.8. The third-order valence-corrected chi connectivity index (χ3v) is 5.84. The van der Waals surface area contributed by atoms with Gasteiger partial charge in [0.15, 0.2) is 11.6 Å². The minimum atomic E-state index is -3.30. The molecule has 23 heavy (non-hydrogen) atoms. The summed E-state index contributed by atoms with van der Waals surface area (Å²) in [6, 6.07) is 3.02. The monoisotopic (exact) mass is 346 g/mol. The molecule has 128 valence electrons. The molecule has 0 radical (unpaired) electrons. The molecule has 2 rings (SSSR count). The molecule has 1 aliphatic rings. The lowest BCUT2D eigenvalue weighted by atomic mass is 10.2. The van der Waals surface area contributed by atoms with E-state index in [0.717, 1.165) is 12.1 Å². The first-order valence-electron chi connectivity index (χ1n) is 7.57. The number of hydrogen-bond acceptors (Lipinski definition) is 3. The Balaban J connectivity index is 2.08. The Morgan fingerprint density at radius 2 is 1.87 bits per heavy atom. The zero-order chi connectivity index (χ0) is 17.0. The first kappa shape index (κ1) is 17.8. The number of rotatable bonds is 4. The fraction of sp³-hybridized carbons (Fsp3) is 0.533. The molecule has 0 spiro atoms. The number of benzene rings is 1. The second kappa shape index (κ2) is 7.35. The fourth-order valence-corrected chi connectivity index (χ4v) is 4.12. The van der Waals surface area contributed by atoms with Crippen LogP contribution >= 0.6 is 0 Å². The van der Waals surface area contributed by atoms with Gasteiger partial charge in [-0.05, 0) is 31.0 Å². The van der Waals surface area contributed by atoms with Gasteiger partial charge in [-0.15, -0.1) is 0 Å². The SMILES string of the molecule is CCCS(=O)(=O)N1CCCN(C(=O)c2ccc(F)c(F)c2)CC1. The number of carbonyl (C=O) groups is 1. The molecule has 1 aromatic carbocycles. The van der Waals surface area contributed by atoms with Crippen molar-refractivity contribution in [1.82, 2.24) is 9.21 Å². The van der Waals surface area contributed by atoms with Crippen molar-refractivity contribution in [3.63, 3.8) is 0 Å². The summed E-state index contributed by atoms with van der Waals surface area (Å²) in [5, 5.41) is 0. The maximum absolute atomic E-state index is 13.3. The molecular formula is C15H20F2N2O3S. The average Bonchev–Trinajstić information content (AvgIpc) is 2.76. The number of nitrogens with zero attached hydrogens (tertiary/aromatic N) is 2. The van der Waals surface area contributed by atoms with Gasteiger partial charge < -0.3 is 4.90 Å². The van der Waals surface area contributed by atoms with Crippen molar-refractivity contribution in [3.8, 4) is 0 Å². The lowest BCUT2D eigenvalue weighted by Gasteiger charge is -2.22. The maximum Gasteiger partial charge on any atom is 0.254 e. The molecule has 0 aliphatic carbocycles. The van der Waals surface area contributed by atoms with Crippen LogP contribution < -0.4 is 0 Å². The lowest BCUT2D eigenvalue weighted by Crippen LogP contribution is -2.38. The largest absolute Gasteiger partial charge is 0.337 e. The highest BCUT2D eigenvalue weighted by molar-refractivity contribution is 7.89. The van der Waals surface area contributed by atoms with Gasteiger partial charge in [-0.25, -0.2) is 21.5 Å². The van der Waals surface area contributed by atoms with Crippen LogP contribution in [-0.4, -0.2) is 55.5 Å². The predicted molar refractivity (Wildman–Crippen MR) is 82.5 cm³/mol. The average molecular weight is 346 g/mol. The van der Waals surface area contributed by atoms with E-state index in [1.54, 1.807) is 6.92 Å². The molecule has 0 saturated carbocycles. The van der Waals surface area contributed by atoms with Crippen LogP contribution in [0.4, 0.5) is 8.78 Å². The summed E-state index contributed by atoms with van der Waals surface area (Å²) in [6.07, 6.45) is 1.05. The van der Waals surface area contributed by atoms with Crippen molar-refractivity contribution < 1.29 is 22.0 Å². The summed E-state index contributed by atoms with van der Waals surface area (Å²) >= 11 is 0. The molecule has 1 aromatic rings. The van der Waals surface area contributed by atoms with E-state index in [1.807, 2.05) is 0 Å². The minimum Gasteiger partial charge on any atom is -0.337 e. The smallest absolute Gasteiger partial charge is 0.254 e. The quantitative estimate of drug-likeness (QED) is 0.836. The van der Waals surface area contributed by atoms with Crippen molar-refractivity contribution in [1.29, 1.82) is 0 Å². The molecule has 0 unspecified atom stereocenters. The Bertz CT molecular complexity index is 679. The van der Waals surface area contributed by atoms with E-state index < -0.39 is 27.6 Å². The van der Waals surface area contributed by atoms with Crippen LogP contribution in [0.25, 0.3) is 0 Å². The Hall–Kier alpha value is -1.54. The van der Waals surface area contributed by atoms with E-state index in [0.29, 0.717) is 25.9 Å². The van der Waals surface area contributed by atoms with Crippen LogP contribution in [-0.2, 0) is 10.0 Å². The highest BCUT2D eigenvalue weighted by atomic mass is 32.2. The Morgan fingerprint density at radius 1 is 1.13 bits per heavy atom. The first-order valence-corrected chi connectivity index (χ1v) is 9.18. The molecular weight excluding hydrogens is 326 g/mol. The van der Waals surface area contributed by atoms with Gasteiger partial charge in [0.2, 0.25) is 10.0 Å². The van der Waals surface area contributed by atoms with Crippen molar-refractivity contribution in [3.05, 3.63) is 35.4 Å². The molecule has 1 amide bonds. The molecule has 0 aromatic heterocycles. The molecule has 5 nitrogen and oxygen atoms in total. The molecule has 1 heterocycles. The zero-order valence-corrected chi connectivity index (χ0v) is 13.8. The lowest BCUT2D eigenvalue weighted by molar-refractivity contribution is 0.0763. The summed E-state index contributed by atoms with van der Waals surface area (Å²) in [4.78, 5) is 13.8. The Morgan fingerprint density at radius 3 is 2.52 bits per heavy atom.